The molecule has 0 unspecified atom stereocenters. The third-order valence-electron chi connectivity index (χ3n) is 2.76. The Kier molecular flexibility index (Phi) is 5.55. The Morgan fingerprint density at radius 3 is 2.60 bits per heavy atom. The lowest BCUT2D eigenvalue weighted by atomic mass is 10.0. The van der Waals surface area contributed by atoms with Crippen LogP contribution in [0.15, 0.2) is 23.4 Å². The molecule has 0 aliphatic carbocycles. The second-order valence-corrected chi connectivity index (χ2v) is 5.11. The standard InChI is InChI=1S/C12H16F3N3OS/c1-18(5-6-20-2)8-3-4-10(12(13,14)15)9(7-8)11(16)17-19/h3-4,7,19H,5-6H2,1-2H3,(H2,16,17). The number of halogens is 3. The number of alkyl halides is 3. The molecule has 0 amide bonds. The first-order valence-corrected chi connectivity index (χ1v) is 7.10. The van der Waals surface area contributed by atoms with Gasteiger partial charge in [-0.05, 0) is 24.5 Å². The van der Waals surface area contributed by atoms with Crippen LogP contribution in [0.2, 0.25) is 0 Å². The molecule has 0 heterocycles. The number of hydrogen-bond donors (Lipinski definition) is 2. The van der Waals surface area contributed by atoms with Gasteiger partial charge in [-0.1, -0.05) is 5.16 Å². The summed E-state index contributed by atoms with van der Waals surface area (Å²) in [6, 6.07) is 3.59. The SMILES string of the molecule is CSCCN(C)c1ccc(C(F)(F)F)c(/C(N)=N/O)c1. The average Bonchev–Trinajstić information content (AvgIpc) is 2.42. The molecular formula is C12H16F3N3OS. The minimum absolute atomic E-state index is 0.325. The summed E-state index contributed by atoms with van der Waals surface area (Å²) in [5.41, 5.74) is 4.67. The molecule has 112 valence electrons. The Hall–Kier alpha value is -1.57. The molecule has 0 bridgehead atoms. The fourth-order valence-corrected chi connectivity index (χ4v) is 2.10. The van der Waals surface area contributed by atoms with Crippen LogP contribution in [0.5, 0.6) is 0 Å². The van der Waals surface area contributed by atoms with Crippen molar-refractivity contribution in [1.82, 2.24) is 0 Å². The van der Waals surface area contributed by atoms with Crippen molar-refractivity contribution in [3.63, 3.8) is 0 Å². The molecule has 0 saturated carbocycles. The van der Waals surface area contributed by atoms with Crippen LogP contribution in [0.4, 0.5) is 18.9 Å². The van der Waals surface area contributed by atoms with Gasteiger partial charge in [-0.25, -0.2) is 0 Å². The lowest BCUT2D eigenvalue weighted by Gasteiger charge is -2.21. The largest absolute Gasteiger partial charge is 0.417 e. The molecule has 0 aliphatic rings. The molecule has 0 saturated heterocycles. The van der Waals surface area contributed by atoms with Crippen LogP contribution in [0.3, 0.4) is 0 Å². The molecule has 0 spiro atoms. The lowest BCUT2D eigenvalue weighted by Crippen LogP contribution is -2.23. The monoisotopic (exact) mass is 307 g/mol. The van der Waals surface area contributed by atoms with Gasteiger partial charge in [0.05, 0.1) is 5.56 Å². The zero-order valence-electron chi connectivity index (χ0n) is 11.1. The summed E-state index contributed by atoms with van der Waals surface area (Å²) in [7, 11) is 1.77. The van der Waals surface area contributed by atoms with E-state index in [9.17, 15) is 13.2 Å². The third kappa shape index (κ3) is 3.96. The van der Waals surface area contributed by atoms with Gasteiger partial charge in [-0.15, -0.1) is 0 Å². The van der Waals surface area contributed by atoms with E-state index in [0.717, 1.165) is 11.8 Å². The normalized spacial score (nSPS) is 12.6. The molecular weight excluding hydrogens is 291 g/mol. The van der Waals surface area contributed by atoms with E-state index < -0.39 is 17.6 Å². The highest BCUT2D eigenvalue weighted by Crippen LogP contribution is 2.33. The molecule has 0 radical (unpaired) electrons. The van der Waals surface area contributed by atoms with E-state index in [-0.39, 0.29) is 5.56 Å². The highest BCUT2D eigenvalue weighted by molar-refractivity contribution is 7.98. The Balaban J connectivity index is 3.21. The predicted molar refractivity (Wildman–Crippen MR) is 75.6 cm³/mol. The van der Waals surface area contributed by atoms with Crippen LogP contribution >= 0.6 is 11.8 Å². The molecule has 1 aromatic rings. The number of nitrogens with two attached hydrogens (primary N) is 1. The van der Waals surface area contributed by atoms with E-state index in [2.05, 4.69) is 5.16 Å². The van der Waals surface area contributed by atoms with Crippen molar-refractivity contribution in [2.24, 2.45) is 10.9 Å². The summed E-state index contributed by atoms with van der Waals surface area (Å²) in [5, 5.41) is 11.3. The van der Waals surface area contributed by atoms with Crippen LogP contribution in [0.1, 0.15) is 11.1 Å². The van der Waals surface area contributed by atoms with E-state index in [1.807, 2.05) is 11.2 Å². The van der Waals surface area contributed by atoms with Gasteiger partial charge in [0.1, 0.15) is 0 Å². The predicted octanol–water partition coefficient (Wildman–Crippen LogP) is 2.60. The number of anilines is 1. The van der Waals surface area contributed by atoms with Crippen LogP contribution in [-0.2, 0) is 6.18 Å². The molecule has 0 atom stereocenters. The molecule has 8 heteroatoms. The van der Waals surface area contributed by atoms with E-state index in [1.54, 1.807) is 18.8 Å². The summed E-state index contributed by atoms with van der Waals surface area (Å²) in [6.07, 6.45) is -2.61. The minimum Gasteiger partial charge on any atom is -0.409 e. The Morgan fingerprint density at radius 2 is 2.10 bits per heavy atom. The molecule has 4 nitrogen and oxygen atoms in total. The van der Waals surface area contributed by atoms with Crippen molar-refractivity contribution in [3.05, 3.63) is 29.3 Å². The molecule has 20 heavy (non-hydrogen) atoms. The summed E-state index contributed by atoms with van der Waals surface area (Å²) < 4.78 is 38.6. The minimum atomic E-state index is -4.55. The topological polar surface area (TPSA) is 61.8 Å². The van der Waals surface area contributed by atoms with Crippen LogP contribution in [0, 0.1) is 0 Å². The first-order valence-electron chi connectivity index (χ1n) is 5.70. The van der Waals surface area contributed by atoms with E-state index >= 15 is 0 Å². The second kappa shape index (κ2) is 6.74. The average molecular weight is 307 g/mol. The van der Waals surface area contributed by atoms with Crippen LogP contribution in [0.25, 0.3) is 0 Å². The maximum atomic E-state index is 12.9. The van der Waals surface area contributed by atoms with Crippen molar-refractivity contribution in [2.45, 2.75) is 6.18 Å². The summed E-state index contributed by atoms with van der Waals surface area (Å²) >= 11 is 1.64. The highest BCUT2D eigenvalue weighted by atomic mass is 32.2. The van der Waals surface area contributed by atoms with Crippen LogP contribution in [-0.4, -0.2) is 36.6 Å². The number of nitrogens with zero attached hydrogens (tertiary/aromatic N) is 2. The Morgan fingerprint density at radius 1 is 1.45 bits per heavy atom. The number of amidine groups is 1. The van der Waals surface area contributed by atoms with Gasteiger partial charge in [0.2, 0.25) is 0 Å². The summed E-state index contributed by atoms with van der Waals surface area (Å²) in [6.45, 7) is 0.683. The van der Waals surface area contributed by atoms with Gasteiger partial charge in [-0.2, -0.15) is 24.9 Å². The number of oxime groups is 1. The Labute approximate surface area is 119 Å². The quantitative estimate of drug-likeness (QED) is 0.380. The highest BCUT2D eigenvalue weighted by Gasteiger charge is 2.34. The van der Waals surface area contributed by atoms with E-state index in [0.29, 0.717) is 12.2 Å². The second-order valence-electron chi connectivity index (χ2n) is 4.13. The van der Waals surface area contributed by atoms with E-state index in [1.165, 1.54) is 12.1 Å². The maximum Gasteiger partial charge on any atom is 0.417 e. The fourth-order valence-electron chi connectivity index (χ4n) is 1.64. The molecule has 1 rings (SSSR count). The number of thioether (sulfide) groups is 1. The zero-order valence-corrected chi connectivity index (χ0v) is 11.9. The Bertz CT molecular complexity index is 491. The fraction of sp³-hybridized carbons (Fsp3) is 0.417. The molecule has 3 N–H and O–H groups in total. The summed E-state index contributed by atoms with van der Waals surface area (Å²) in [5.74, 6) is 0.286. The smallest absolute Gasteiger partial charge is 0.409 e. The van der Waals surface area contributed by atoms with Crippen molar-refractivity contribution in [1.29, 1.82) is 0 Å². The first kappa shape index (κ1) is 16.5. The van der Waals surface area contributed by atoms with Crippen molar-refractivity contribution < 1.29 is 18.4 Å². The van der Waals surface area contributed by atoms with Gasteiger partial charge in [-0.3, -0.25) is 0 Å². The third-order valence-corrected chi connectivity index (χ3v) is 3.35. The summed E-state index contributed by atoms with van der Waals surface area (Å²) in [4.78, 5) is 1.81. The van der Waals surface area contributed by atoms with E-state index in [4.69, 9.17) is 10.9 Å². The van der Waals surface area contributed by atoms with Gasteiger partial charge in [0, 0.05) is 30.6 Å². The first-order chi connectivity index (χ1) is 9.31. The number of hydrogen-bond acceptors (Lipinski definition) is 4. The number of rotatable bonds is 5. The molecule has 1 aromatic carbocycles. The molecule has 0 aliphatic heterocycles. The molecule has 0 aromatic heterocycles. The number of benzene rings is 1. The van der Waals surface area contributed by atoms with Crippen LogP contribution < -0.4 is 10.6 Å². The van der Waals surface area contributed by atoms with Gasteiger partial charge >= 0.3 is 6.18 Å². The van der Waals surface area contributed by atoms with Gasteiger partial charge in [0.15, 0.2) is 5.84 Å². The van der Waals surface area contributed by atoms with Crippen molar-refractivity contribution in [2.75, 3.05) is 30.5 Å². The van der Waals surface area contributed by atoms with Gasteiger partial charge < -0.3 is 15.8 Å². The van der Waals surface area contributed by atoms with Gasteiger partial charge in [0.25, 0.3) is 0 Å². The zero-order chi connectivity index (χ0) is 15.3. The molecule has 0 fully saturated rings. The van der Waals surface area contributed by atoms with Crippen molar-refractivity contribution in [3.8, 4) is 0 Å². The lowest BCUT2D eigenvalue weighted by molar-refractivity contribution is -0.137. The maximum absolute atomic E-state index is 12.9. The van der Waals surface area contributed by atoms with Crippen molar-refractivity contribution >= 4 is 23.3 Å².